The van der Waals surface area contributed by atoms with E-state index in [9.17, 15) is 4.57 Å². The monoisotopic (exact) mass is 242 g/mol. The summed E-state index contributed by atoms with van der Waals surface area (Å²) in [6.45, 7) is 0. The Bertz CT molecular complexity index is 81.7. The quantitative estimate of drug-likeness (QED) is 0.197. The van der Waals surface area contributed by atoms with Crippen molar-refractivity contribution in [1.82, 2.24) is 0 Å². The van der Waals surface area contributed by atoms with Gasteiger partial charge in [0.2, 0.25) is 0 Å². The normalized spacial score (nSPS) is 7.10. The molecular weight excluding hydrogens is 235 g/mol. The second-order valence-corrected chi connectivity index (χ2v) is 1.72. The number of rotatable bonds is 1. The minimum atomic E-state index is -4.59. The molecule has 0 radical (unpaired) electrons. The summed E-state index contributed by atoms with van der Waals surface area (Å²) < 4.78 is 11.8. The molecule has 0 heterocycles. The van der Waals surface area contributed by atoms with Gasteiger partial charge in [-0.25, -0.2) is 9.82 Å². The van der Waals surface area contributed by atoms with Crippen LogP contribution in [0.15, 0.2) is 0 Å². The number of phosphoric acid groups is 1. The van der Waals surface area contributed by atoms with Crippen molar-refractivity contribution >= 4 is 170 Å². The minimum absolute atomic E-state index is 0. The Balaban J connectivity index is -0.0000000208. The first-order chi connectivity index (χ1) is 2.56. The molecule has 0 bridgehead atoms. The van der Waals surface area contributed by atoms with Gasteiger partial charge >= 0.3 is 170 Å². The van der Waals surface area contributed by atoms with Crippen LogP contribution in [-0.2, 0) is 9.24 Å². The van der Waals surface area contributed by atoms with Crippen molar-refractivity contribution < 1.29 is 24.3 Å². The molecular formula is H7K2Na2O5P. The van der Waals surface area contributed by atoms with E-state index in [2.05, 4.69) is 4.67 Å². The molecule has 0 aromatic rings. The van der Waals surface area contributed by atoms with E-state index in [-0.39, 0.29) is 162 Å². The van der Waals surface area contributed by atoms with Gasteiger partial charge in [0.25, 0.3) is 0 Å². The first-order valence-corrected chi connectivity index (χ1v) is 2.48. The van der Waals surface area contributed by atoms with Crippen LogP contribution in [0.5, 0.6) is 0 Å². The van der Waals surface area contributed by atoms with Gasteiger partial charge in [-0.15, -0.1) is 4.67 Å². The molecule has 0 aliphatic rings. The molecule has 10 heavy (non-hydrogen) atoms. The fraction of sp³-hybridized carbons (Fsp3) is 0. The molecule has 0 aromatic heterocycles. The Morgan fingerprint density at radius 1 is 1.10 bits per heavy atom. The van der Waals surface area contributed by atoms with Gasteiger partial charge in [-0.1, -0.05) is 0 Å². The number of hydrogen-bond donors (Lipinski definition) is 3. The van der Waals surface area contributed by atoms with Crippen molar-refractivity contribution in [3.8, 4) is 0 Å². The topological polar surface area (TPSA) is 87.0 Å². The van der Waals surface area contributed by atoms with Crippen LogP contribution < -0.4 is 0 Å². The zero-order chi connectivity index (χ0) is 5.21. The molecule has 0 saturated carbocycles. The van der Waals surface area contributed by atoms with Crippen LogP contribution in [0.3, 0.4) is 0 Å². The Hall–Kier alpha value is 5.34. The maximum atomic E-state index is 9.22. The van der Waals surface area contributed by atoms with Crippen molar-refractivity contribution in [2.45, 2.75) is 0 Å². The Labute approximate surface area is 188 Å². The van der Waals surface area contributed by atoms with Gasteiger partial charge in [-0.2, -0.15) is 0 Å². The van der Waals surface area contributed by atoms with E-state index in [1.54, 1.807) is 0 Å². The molecule has 0 rings (SSSR count). The molecule has 0 aromatic carbocycles. The summed E-state index contributed by atoms with van der Waals surface area (Å²) in [5.74, 6) is 0. The summed E-state index contributed by atoms with van der Waals surface area (Å²) in [5.41, 5.74) is 0. The first kappa shape index (κ1) is 29.5. The van der Waals surface area contributed by atoms with E-state index in [1.165, 1.54) is 0 Å². The average molecular weight is 242 g/mol. The van der Waals surface area contributed by atoms with Gasteiger partial charge in [-0.3, -0.25) is 0 Å². The van der Waals surface area contributed by atoms with E-state index >= 15 is 0 Å². The Morgan fingerprint density at radius 2 is 1.20 bits per heavy atom. The molecule has 10 heteroatoms. The molecule has 0 unspecified atom stereocenters. The summed E-state index contributed by atoms with van der Waals surface area (Å²) >= 11 is 0. The SMILES string of the molecule is O=P(O)(O)OO.[KH].[KH].[NaH].[NaH]. The zero-order valence-electron chi connectivity index (χ0n) is 2.61. The summed E-state index contributed by atoms with van der Waals surface area (Å²) in [7, 11) is -4.59. The van der Waals surface area contributed by atoms with Gasteiger partial charge in [0.05, 0.1) is 0 Å². The van der Waals surface area contributed by atoms with Gasteiger partial charge < -0.3 is 9.79 Å². The van der Waals surface area contributed by atoms with Crippen molar-refractivity contribution in [2.75, 3.05) is 0 Å². The Morgan fingerprint density at radius 3 is 1.20 bits per heavy atom. The summed E-state index contributed by atoms with van der Waals surface area (Å²) in [4.78, 5) is 14.9. The molecule has 0 fully saturated rings. The molecule has 3 N–H and O–H groups in total. The summed E-state index contributed by atoms with van der Waals surface area (Å²) in [6, 6.07) is 0. The predicted octanol–water partition coefficient (Wildman–Crippen LogP) is -3.03. The second-order valence-electron chi connectivity index (χ2n) is 0.572. The van der Waals surface area contributed by atoms with Gasteiger partial charge in [-0.05, 0) is 0 Å². The molecule has 0 aliphatic carbocycles. The summed E-state index contributed by atoms with van der Waals surface area (Å²) in [5, 5.41) is 7.14. The predicted molar refractivity (Wildman–Crippen MR) is 44.4 cm³/mol. The standard InChI is InChI=1S/2K.2Na.H3O5P.4H/c;;;;1-5-6(2,3)4;;;;/h;;;;1H,(H2,2,3,4);;;;. The zero-order valence-corrected chi connectivity index (χ0v) is 3.50. The average Bonchev–Trinajstić information content (AvgIpc) is 1.35. The van der Waals surface area contributed by atoms with Crippen LogP contribution in [0.2, 0.25) is 0 Å². The van der Waals surface area contributed by atoms with Crippen LogP contribution in [0, 0.1) is 0 Å². The van der Waals surface area contributed by atoms with Crippen LogP contribution in [-0.4, -0.2) is 177 Å². The van der Waals surface area contributed by atoms with Gasteiger partial charge in [0.1, 0.15) is 0 Å². The third kappa shape index (κ3) is 29.2. The van der Waals surface area contributed by atoms with Crippen LogP contribution in [0.25, 0.3) is 0 Å². The third-order valence-electron chi connectivity index (χ3n) is 0.106. The van der Waals surface area contributed by atoms with Gasteiger partial charge in [0.15, 0.2) is 0 Å². The molecule has 0 aliphatic heterocycles. The summed E-state index contributed by atoms with van der Waals surface area (Å²) in [6.07, 6.45) is 0. The van der Waals surface area contributed by atoms with Crippen LogP contribution >= 0.6 is 7.82 Å². The van der Waals surface area contributed by atoms with E-state index in [1.807, 2.05) is 0 Å². The van der Waals surface area contributed by atoms with Crippen molar-refractivity contribution in [3.63, 3.8) is 0 Å². The van der Waals surface area contributed by atoms with E-state index in [0.29, 0.717) is 0 Å². The maximum absolute atomic E-state index is 9.22. The number of hydrogen-bond acceptors (Lipinski definition) is 3. The van der Waals surface area contributed by atoms with E-state index in [0.717, 1.165) is 0 Å². The molecule has 46 valence electrons. The Kier molecular flexibility index (Phi) is 49.5. The fourth-order valence-electron chi connectivity index (χ4n) is 0. The third-order valence-corrected chi connectivity index (χ3v) is 0.319. The van der Waals surface area contributed by atoms with E-state index in [4.69, 9.17) is 15.0 Å². The molecule has 0 atom stereocenters. The van der Waals surface area contributed by atoms with Crippen LogP contribution in [0.1, 0.15) is 0 Å². The fourth-order valence-corrected chi connectivity index (χ4v) is 0. The molecule has 0 spiro atoms. The first-order valence-electron chi connectivity index (χ1n) is 0.948. The van der Waals surface area contributed by atoms with Crippen molar-refractivity contribution in [1.29, 1.82) is 0 Å². The van der Waals surface area contributed by atoms with Crippen molar-refractivity contribution in [2.24, 2.45) is 0 Å². The molecule has 0 amide bonds. The van der Waals surface area contributed by atoms with Crippen LogP contribution in [0.4, 0.5) is 0 Å². The van der Waals surface area contributed by atoms with Gasteiger partial charge in [0, 0.05) is 0 Å². The molecule has 0 saturated heterocycles. The molecule has 5 nitrogen and oxygen atoms in total. The van der Waals surface area contributed by atoms with Crippen molar-refractivity contribution in [3.05, 3.63) is 0 Å². The van der Waals surface area contributed by atoms with E-state index < -0.39 is 7.82 Å². The second kappa shape index (κ2) is 16.8.